The van der Waals surface area contributed by atoms with Gasteiger partial charge in [-0.3, -0.25) is 0 Å². The predicted molar refractivity (Wildman–Crippen MR) is 122 cm³/mol. The first-order chi connectivity index (χ1) is 15.1. The molecule has 1 aliphatic rings. The fourth-order valence-electron chi connectivity index (χ4n) is 3.90. The lowest BCUT2D eigenvalue weighted by molar-refractivity contribution is -0.147. The molecule has 0 saturated heterocycles. The van der Waals surface area contributed by atoms with Crippen molar-refractivity contribution in [3.63, 3.8) is 0 Å². The van der Waals surface area contributed by atoms with Crippen LogP contribution in [0.3, 0.4) is 0 Å². The molecule has 1 heterocycles. The molecule has 1 saturated carbocycles. The minimum absolute atomic E-state index is 0.0149. The highest BCUT2D eigenvalue weighted by molar-refractivity contribution is 6.43. The fourth-order valence-corrected chi connectivity index (χ4v) is 4.30. The molecule has 162 valence electrons. The Bertz CT molecular complexity index is 1020. The molecule has 1 fully saturated rings. The molecule has 0 amide bonds. The summed E-state index contributed by atoms with van der Waals surface area (Å²) < 4.78 is 16.5. The second-order valence-corrected chi connectivity index (χ2v) is 8.51. The van der Waals surface area contributed by atoms with E-state index in [-0.39, 0.29) is 13.2 Å². The molecule has 0 unspecified atom stereocenters. The number of halogens is 2. The highest BCUT2D eigenvalue weighted by atomic mass is 35.5. The number of benzene rings is 2. The number of rotatable bonds is 7. The number of hydrogen-bond donors (Lipinski definition) is 0. The van der Waals surface area contributed by atoms with Crippen molar-refractivity contribution in [3.05, 3.63) is 76.0 Å². The molecule has 0 radical (unpaired) electrons. The van der Waals surface area contributed by atoms with E-state index < -0.39 is 5.97 Å². The molecule has 4 nitrogen and oxygen atoms in total. The first-order valence-electron chi connectivity index (χ1n) is 10.5. The van der Waals surface area contributed by atoms with E-state index in [9.17, 15) is 4.79 Å². The summed E-state index contributed by atoms with van der Waals surface area (Å²) in [6.07, 6.45) is 6.46. The third-order valence-corrected chi connectivity index (χ3v) is 6.39. The Morgan fingerprint density at radius 3 is 2.52 bits per heavy atom. The molecule has 0 N–H and O–H groups in total. The van der Waals surface area contributed by atoms with Gasteiger partial charge in [0.15, 0.2) is 6.61 Å². The quantitative estimate of drug-likeness (QED) is 0.345. The molecule has 0 atom stereocenters. The average Bonchev–Trinajstić information content (AvgIpc) is 3.28. The minimum atomic E-state index is -0.463. The third kappa shape index (κ3) is 5.63. The third-order valence-electron chi connectivity index (χ3n) is 5.57. The number of carbonyl (C=O) groups is 1. The van der Waals surface area contributed by atoms with Gasteiger partial charge in [-0.05, 0) is 60.7 Å². The van der Waals surface area contributed by atoms with Crippen LogP contribution in [-0.2, 0) is 16.1 Å². The summed E-state index contributed by atoms with van der Waals surface area (Å²) in [4.78, 5) is 12.1. The van der Waals surface area contributed by atoms with E-state index in [2.05, 4.69) is 12.1 Å². The van der Waals surface area contributed by atoms with Gasteiger partial charge < -0.3 is 13.9 Å². The normalized spacial score (nSPS) is 14.4. The Morgan fingerprint density at radius 1 is 0.968 bits per heavy atom. The highest BCUT2D eigenvalue weighted by Crippen LogP contribution is 2.35. The average molecular weight is 459 g/mol. The van der Waals surface area contributed by atoms with Crippen LogP contribution in [0, 0.1) is 0 Å². The standard InChI is InChI=1S/C25H24Cl2O4/c26-22-8-4-7-21(25(22)27)23-14-13-20(31-23)15-30-24(28)16-29-19-11-9-18(10-12-19)17-5-2-1-3-6-17/h4,7-14,17H,1-3,5-6,15-16H2. The highest BCUT2D eigenvalue weighted by Gasteiger charge is 2.16. The maximum absolute atomic E-state index is 12.1. The molecule has 4 rings (SSSR count). The van der Waals surface area contributed by atoms with Crippen LogP contribution < -0.4 is 4.74 Å². The lowest BCUT2D eigenvalue weighted by Crippen LogP contribution is -2.14. The number of esters is 1. The first-order valence-corrected chi connectivity index (χ1v) is 11.3. The van der Waals surface area contributed by atoms with Crippen molar-refractivity contribution in [1.82, 2.24) is 0 Å². The Morgan fingerprint density at radius 2 is 1.74 bits per heavy atom. The van der Waals surface area contributed by atoms with Crippen LogP contribution in [0.4, 0.5) is 0 Å². The van der Waals surface area contributed by atoms with E-state index in [1.807, 2.05) is 18.2 Å². The smallest absolute Gasteiger partial charge is 0.344 e. The summed E-state index contributed by atoms with van der Waals surface area (Å²) in [7, 11) is 0. The van der Waals surface area contributed by atoms with Gasteiger partial charge in [-0.15, -0.1) is 0 Å². The largest absolute Gasteiger partial charge is 0.482 e. The number of hydrogen-bond acceptors (Lipinski definition) is 4. The van der Waals surface area contributed by atoms with Crippen LogP contribution in [0.25, 0.3) is 11.3 Å². The zero-order chi connectivity index (χ0) is 21.6. The molecule has 3 aromatic rings. The van der Waals surface area contributed by atoms with Crippen molar-refractivity contribution in [2.24, 2.45) is 0 Å². The maximum Gasteiger partial charge on any atom is 0.344 e. The lowest BCUT2D eigenvalue weighted by atomic mass is 9.84. The van der Waals surface area contributed by atoms with Crippen molar-refractivity contribution in [1.29, 1.82) is 0 Å². The van der Waals surface area contributed by atoms with Crippen LogP contribution in [0.1, 0.15) is 49.3 Å². The summed E-state index contributed by atoms with van der Waals surface area (Å²) >= 11 is 12.3. The van der Waals surface area contributed by atoms with E-state index in [1.165, 1.54) is 37.7 Å². The van der Waals surface area contributed by atoms with Gasteiger partial charge in [-0.25, -0.2) is 4.79 Å². The Balaban J connectivity index is 1.25. The Labute approximate surface area is 192 Å². The topological polar surface area (TPSA) is 48.7 Å². The molecule has 0 bridgehead atoms. The molecule has 6 heteroatoms. The van der Waals surface area contributed by atoms with Crippen molar-refractivity contribution in [2.75, 3.05) is 6.61 Å². The summed E-state index contributed by atoms with van der Waals surface area (Å²) in [6.45, 7) is -0.141. The minimum Gasteiger partial charge on any atom is -0.482 e. The SMILES string of the molecule is O=C(COc1ccc(C2CCCCC2)cc1)OCc1ccc(-c2cccc(Cl)c2Cl)o1. The predicted octanol–water partition coefficient (Wildman–Crippen LogP) is 7.42. The van der Waals surface area contributed by atoms with Gasteiger partial charge >= 0.3 is 5.97 Å². The summed E-state index contributed by atoms with van der Waals surface area (Å²) in [6, 6.07) is 16.9. The molecule has 2 aromatic carbocycles. The van der Waals surface area contributed by atoms with E-state index in [0.717, 1.165) is 0 Å². The van der Waals surface area contributed by atoms with Crippen LogP contribution >= 0.6 is 23.2 Å². The molecule has 1 aliphatic carbocycles. The molecule has 0 aliphatic heterocycles. The number of furan rings is 1. The van der Waals surface area contributed by atoms with E-state index in [4.69, 9.17) is 37.1 Å². The zero-order valence-corrected chi connectivity index (χ0v) is 18.6. The van der Waals surface area contributed by atoms with Crippen molar-refractivity contribution >= 4 is 29.2 Å². The monoisotopic (exact) mass is 458 g/mol. The molecule has 1 aromatic heterocycles. The fraction of sp³-hybridized carbons (Fsp3) is 0.320. The van der Waals surface area contributed by atoms with Crippen molar-refractivity contribution < 1.29 is 18.7 Å². The Kier molecular flexibility index (Phi) is 7.21. The molecule has 31 heavy (non-hydrogen) atoms. The van der Waals surface area contributed by atoms with E-state index >= 15 is 0 Å². The zero-order valence-electron chi connectivity index (χ0n) is 17.1. The van der Waals surface area contributed by atoms with Gasteiger partial charge in [0, 0.05) is 5.56 Å². The molecule has 0 spiro atoms. The second-order valence-electron chi connectivity index (χ2n) is 7.72. The molecular weight excluding hydrogens is 435 g/mol. The number of ether oxygens (including phenoxy) is 2. The first kappa shape index (κ1) is 21.8. The van der Waals surface area contributed by atoms with Crippen LogP contribution in [0.5, 0.6) is 5.75 Å². The van der Waals surface area contributed by atoms with Crippen LogP contribution in [0.15, 0.2) is 59.0 Å². The van der Waals surface area contributed by atoms with Gasteiger partial charge in [-0.1, -0.05) is 60.7 Å². The summed E-state index contributed by atoms with van der Waals surface area (Å²) in [5, 5.41) is 0.873. The Hall–Kier alpha value is -2.43. The van der Waals surface area contributed by atoms with Gasteiger partial charge in [0.05, 0.1) is 10.0 Å². The summed E-state index contributed by atoms with van der Waals surface area (Å²) in [5.74, 6) is 1.92. The van der Waals surface area contributed by atoms with Gasteiger partial charge in [-0.2, -0.15) is 0 Å². The van der Waals surface area contributed by atoms with Crippen LogP contribution in [-0.4, -0.2) is 12.6 Å². The van der Waals surface area contributed by atoms with Gasteiger partial charge in [0.2, 0.25) is 0 Å². The van der Waals surface area contributed by atoms with E-state index in [1.54, 1.807) is 24.3 Å². The molecular formula is C25H24Cl2O4. The van der Waals surface area contributed by atoms with Crippen LogP contribution in [0.2, 0.25) is 10.0 Å². The van der Waals surface area contributed by atoms with E-state index in [0.29, 0.717) is 38.8 Å². The van der Waals surface area contributed by atoms with Crippen molar-refractivity contribution in [2.45, 2.75) is 44.6 Å². The second kappa shape index (κ2) is 10.3. The van der Waals surface area contributed by atoms with Gasteiger partial charge in [0.1, 0.15) is 23.9 Å². The summed E-state index contributed by atoms with van der Waals surface area (Å²) in [5.41, 5.74) is 2.04. The van der Waals surface area contributed by atoms with Gasteiger partial charge in [0.25, 0.3) is 0 Å². The number of carbonyl (C=O) groups excluding carboxylic acids is 1. The maximum atomic E-state index is 12.1. The van der Waals surface area contributed by atoms with Crippen molar-refractivity contribution in [3.8, 4) is 17.1 Å². The lowest BCUT2D eigenvalue weighted by Gasteiger charge is -2.22.